The minimum absolute atomic E-state index is 0.0276. The van der Waals surface area contributed by atoms with E-state index in [1.54, 1.807) is 24.5 Å². The van der Waals surface area contributed by atoms with Crippen molar-refractivity contribution in [3.05, 3.63) is 75.6 Å². The first-order chi connectivity index (χ1) is 18.0. The quantitative estimate of drug-likeness (QED) is 0.388. The molecule has 3 heterocycles. The topological polar surface area (TPSA) is 57.7 Å². The number of pyridine rings is 1. The molecule has 1 aromatic carbocycles. The fraction of sp³-hybridized carbons (Fsp3) is 0.448. The zero-order valence-electron chi connectivity index (χ0n) is 21.5. The van der Waals surface area contributed by atoms with Crippen molar-refractivity contribution < 1.29 is 9.53 Å². The van der Waals surface area contributed by atoms with Crippen LogP contribution in [0, 0.1) is 5.92 Å². The van der Waals surface area contributed by atoms with Gasteiger partial charge in [-0.05, 0) is 84.3 Å². The lowest BCUT2D eigenvalue weighted by Gasteiger charge is -2.41. The summed E-state index contributed by atoms with van der Waals surface area (Å²) in [5.74, 6) is 2.32. The van der Waals surface area contributed by atoms with E-state index in [0.29, 0.717) is 17.1 Å². The molecule has 196 valence electrons. The molecule has 3 aromatic rings. The number of thiophene rings is 1. The minimum atomic E-state index is 0.0276. The molecule has 2 aromatic heterocycles. The Morgan fingerprint density at radius 1 is 1.11 bits per heavy atom. The van der Waals surface area contributed by atoms with E-state index in [-0.39, 0.29) is 17.9 Å². The Bertz CT molecular complexity index is 1160. The van der Waals surface area contributed by atoms with Gasteiger partial charge in [0.1, 0.15) is 16.7 Å². The van der Waals surface area contributed by atoms with Crippen molar-refractivity contribution in [1.29, 1.82) is 0 Å². The number of rotatable bonds is 7. The Labute approximate surface area is 228 Å². The molecule has 1 saturated carbocycles. The highest BCUT2D eigenvalue weighted by Crippen LogP contribution is 2.40. The number of carbonyl (C=O) groups excluding carboxylic acids is 1. The number of benzene rings is 1. The second-order valence-corrected chi connectivity index (χ2v) is 11.2. The molecule has 2 fully saturated rings. The van der Waals surface area contributed by atoms with Crippen LogP contribution in [-0.2, 0) is 4.79 Å². The minimum Gasteiger partial charge on any atom is -0.497 e. The van der Waals surface area contributed by atoms with Crippen LogP contribution >= 0.6 is 22.9 Å². The average molecular weight is 539 g/mol. The van der Waals surface area contributed by atoms with Gasteiger partial charge in [0.15, 0.2) is 0 Å². The lowest BCUT2D eigenvalue weighted by Crippen LogP contribution is -2.52. The third kappa shape index (κ3) is 6.11. The Balaban J connectivity index is 1.23. The predicted molar refractivity (Wildman–Crippen MR) is 151 cm³/mol. The number of ether oxygens (including phenoxy) is 1. The molecule has 0 bridgehead atoms. The molecule has 1 aliphatic carbocycles. The number of carbonyl (C=O) groups is 1. The van der Waals surface area contributed by atoms with Crippen LogP contribution in [0.3, 0.4) is 0 Å². The van der Waals surface area contributed by atoms with Gasteiger partial charge < -0.3 is 19.9 Å². The standard InChI is InChI=1S/C29H35ClN4O2S/c1-20(21-6-9-24(36-2)10-7-21)31-23-8-11-25(26(18-23)22-12-17-37-19-22)29(35)34-15-13-33(14-16-34)28-5-3-4-27(30)32-28/h3-7,9-10,12,17,19-20,23,25-26,31H,8,11,13-16,18H2,1-2H3/t20-,23-,25+,26-/m1/s1. The Hall–Kier alpha value is -2.61. The maximum atomic E-state index is 13.8. The third-order valence-electron chi connectivity index (χ3n) is 7.86. The molecule has 37 heavy (non-hydrogen) atoms. The summed E-state index contributed by atoms with van der Waals surface area (Å²) in [4.78, 5) is 22.5. The number of aromatic nitrogens is 1. The molecule has 0 spiro atoms. The zero-order valence-corrected chi connectivity index (χ0v) is 23.0. The number of halogens is 1. The normalized spacial score (nSPS) is 23.1. The van der Waals surface area contributed by atoms with Crippen molar-refractivity contribution in [3.8, 4) is 5.75 Å². The Morgan fingerprint density at radius 2 is 1.89 bits per heavy atom. The maximum Gasteiger partial charge on any atom is 0.226 e. The van der Waals surface area contributed by atoms with Gasteiger partial charge in [0.05, 0.1) is 7.11 Å². The lowest BCUT2D eigenvalue weighted by atomic mass is 9.73. The molecular weight excluding hydrogens is 504 g/mol. The van der Waals surface area contributed by atoms with Crippen LogP contribution < -0.4 is 15.0 Å². The first-order valence-electron chi connectivity index (χ1n) is 13.1. The number of methoxy groups -OCH3 is 1. The van der Waals surface area contributed by atoms with Crippen molar-refractivity contribution in [1.82, 2.24) is 15.2 Å². The first kappa shape index (κ1) is 26.0. The highest BCUT2D eigenvalue weighted by molar-refractivity contribution is 7.08. The highest BCUT2D eigenvalue weighted by Gasteiger charge is 2.39. The van der Waals surface area contributed by atoms with Crippen LogP contribution in [-0.4, -0.2) is 55.1 Å². The second kappa shape index (κ2) is 11.8. The fourth-order valence-corrected chi connectivity index (χ4v) is 6.66. The van der Waals surface area contributed by atoms with E-state index in [1.165, 1.54) is 11.1 Å². The van der Waals surface area contributed by atoms with Crippen molar-refractivity contribution in [2.45, 2.75) is 44.2 Å². The summed E-state index contributed by atoms with van der Waals surface area (Å²) in [6, 6.07) is 16.8. The zero-order chi connectivity index (χ0) is 25.8. The van der Waals surface area contributed by atoms with Gasteiger partial charge in [0.2, 0.25) is 5.91 Å². The van der Waals surface area contributed by atoms with E-state index in [0.717, 1.165) is 57.0 Å². The number of nitrogens with zero attached hydrogens (tertiary/aromatic N) is 3. The van der Waals surface area contributed by atoms with Crippen LogP contribution in [0.1, 0.15) is 49.3 Å². The van der Waals surface area contributed by atoms with Gasteiger partial charge >= 0.3 is 0 Å². The van der Waals surface area contributed by atoms with Gasteiger partial charge in [-0.3, -0.25) is 4.79 Å². The van der Waals surface area contributed by atoms with Gasteiger partial charge in [-0.1, -0.05) is 29.8 Å². The molecule has 1 aliphatic heterocycles. The summed E-state index contributed by atoms with van der Waals surface area (Å²) in [6.07, 6.45) is 2.88. The SMILES string of the molecule is COc1ccc([C@@H](C)N[C@@H]2CC[C@H](C(=O)N3CCN(c4cccc(Cl)n4)CC3)[C@@H](c3ccsc3)C2)cc1. The average Bonchev–Trinajstić information content (AvgIpc) is 3.48. The predicted octanol–water partition coefficient (Wildman–Crippen LogP) is 5.76. The molecule has 2 aliphatic rings. The van der Waals surface area contributed by atoms with E-state index >= 15 is 0 Å². The molecule has 1 saturated heterocycles. The van der Waals surface area contributed by atoms with E-state index in [9.17, 15) is 4.79 Å². The molecule has 6 nitrogen and oxygen atoms in total. The largest absolute Gasteiger partial charge is 0.497 e. The monoisotopic (exact) mass is 538 g/mol. The Morgan fingerprint density at radius 3 is 2.57 bits per heavy atom. The number of hydrogen-bond donors (Lipinski definition) is 1. The second-order valence-electron chi connectivity index (χ2n) is 10.1. The fourth-order valence-electron chi connectivity index (χ4n) is 5.78. The van der Waals surface area contributed by atoms with E-state index in [4.69, 9.17) is 16.3 Å². The van der Waals surface area contributed by atoms with E-state index in [2.05, 4.69) is 56.0 Å². The van der Waals surface area contributed by atoms with Gasteiger partial charge in [-0.2, -0.15) is 11.3 Å². The van der Waals surface area contributed by atoms with Crippen molar-refractivity contribution >= 4 is 34.7 Å². The van der Waals surface area contributed by atoms with Gasteiger partial charge in [-0.25, -0.2) is 4.98 Å². The number of amides is 1. The van der Waals surface area contributed by atoms with Crippen LogP contribution in [0.25, 0.3) is 0 Å². The highest BCUT2D eigenvalue weighted by atomic mass is 35.5. The summed E-state index contributed by atoms with van der Waals surface area (Å²) in [6.45, 7) is 5.20. The number of hydrogen-bond acceptors (Lipinski definition) is 6. The van der Waals surface area contributed by atoms with Gasteiger partial charge in [-0.15, -0.1) is 0 Å². The van der Waals surface area contributed by atoms with E-state index < -0.39 is 0 Å². The molecule has 0 radical (unpaired) electrons. The molecule has 0 unspecified atom stereocenters. The van der Waals surface area contributed by atoms with Crippen molar-refractivity contribution in [2.24, 2.45) is 5.92 Å². The summed E-state index contributed by atoms with van der Waals surface area (Å²) >= 11 is 7.80. The number of anilines is 1. The van der Waals surface area contributed by atoms with Crippen LogP contribution in [0.2, 0.25) is 5.15 Å². The molecule has 8 heteroatoms. The summed E-state index contributed by atoms with van der Waals surface area (Å²) in [7, 11) is 1.69. The number of nitrogens with one attached hydrogen (secondary N) is 1. The molecular formula is C29H35ClN4O2S. The number of piperazine rings is 1. The first-order valence-corrected chi connectivity index (χ1v) is 14.4. The summed E-state index contributed by atoms with van der Waals surface area (Å²) < 4.78 is 5.31. The molecule has 1 N–H and O–H groups in total. The smallest absolute Gasteiger partial charge is 0.226 e. The van der Waals surface area contributed by atoms with Crippen molar-refractivity contribution in [2.75, 3.05) is 38.2 Å². The maximum absolute atomic E-state index is 13.8. The Kier molecular flexibility index (Phi) is 8.33. The van der Waals surface area contributed by atoms with Crippen LogP contribution in [0.5, 0.6) is 5.75 Å². The van der Waals surface area contributed by atoms with Crippen molar-refractivity contribution in [3.63, 3.8) is 0 Å². The summed E-state index contributed by atoms with van der Waals surface area (Å²) in [5, 5.41) is 8.70. The molecule has 5 rings (SSSR count). The van der Waals surface area contributed by atoms with Crippen LogP contribution in [0.15, 0.2) is 59.3 Å². The summed E-state index contributed by atoms with van der Waals surface area (Å²) in [5.41, 5.74) is 2.55. The van der Waals surface area contributed by atoms with Gasteiger partial charge in [0, 0.05) is 44.2 Å². The molecule has 1 amide bonds. The third-order valence-corrected chi connectivity index (χ3v) is 8.77. The molecule has 4 atom stereocenters. The van der Waals surface area contributed by atoms with Crippen LogP contribution in [0.4, 0.5) is 5.82 Å². The lowest BCUT2D eigenvalue weighted by molar-refractivity contribution is -0.137. The van der Waals surface area contributed by atoms with E-state index in [1.807, 2.05) is 24.3 Å². The van der Waals surface area contributed by atoms with Gasteiger partial charge in [0.25, 0.3) is 0 Å².